The van der Waals surface area contributed by atoms with Gasteiger partial charge in [0.15, 0.2) is 0 Å². The van der Waals surface area contributed by atoms with Gasteiger partial charge < -0.3 is 5.32 Å². The van der Waals surface area contributed by atoms with E-state index in [1.807, 2.05) is 36.4 Å². The van der Waals surface area contributed by atoms with Crippen molar-refractivity contribution in [3.63, 3.8) is 0 Å². The van der Waals surface area contributed by atoms with Gasteiger partial charge in [0.25, 0.3) is 5.69 Å². The summed E-state index contributed by atoms with van der Waals surface area (Å²) in [6, 6.07) is 23.0. The molecule has 0 aliphatic carbocycles. The summed E-state index contributed by atoms with van der Waals surface area (Å²) in [5, 5.41) is 14.6. The molecule has 0 bridgehead atoms. The molecular weight excluding hydrogens is 324 g/mol. The fraction of sp³-hybridized carbons (Fsp3) is 0.182. The van der Waals surface area contributed by atoms with Gasteiger partial charge in [-0.15, -0.1) is 0 Å². The molecule has 26 heavy (non-hydrogen) atoms. The van der Waals surface area contributed by atoms with Crippen molar-refractivity contribution in [2.75, 3.05) is 5.32 Å². The van der Waals surface area contributed by atoms with E-state index in [1.54, 1.807) is 18.2 Å². The van der Waals surface area contributed by atoms with Crippen molar-refractivity contribution in [3.8, 4) is 11.1 Å². The maximum Gasteiger partial charge on any atom is 0.292 e. The molecule has 3 aromatic carbocycles. The lowest BCUT2D eigenvalue weighted by Gasteiger charge is -2.22. The number of rotatable bonds is 4. The highest BCUT2D eigenvalue weighted by molar-refractivity contribution is 5.83. The number of hydrogen-bond acceptors (Lipinski definition) is 3. The molecule has 0 aliphatic heterocycles. The average molecular weight is 346 g/mol. The highest BCUT2D eigenvalue weighted by atomic mass is 16.6. The van der Waals surface area contributed by atoms with Crippen molar-refractivity contribution in [3.05, 3.63) is 88.5 Å². The van der Waals surface area contributed by atoms with Gasteiger partial charge in [0.1, 0.15) is 5.69 Å². The molecule has 1 N–H and O–H groups in total. The van der Waals surface area contributed by atoms with Crippen molar-refractivity contribution in [2.45, 2.75) is 26.2 Å². The van der Waals surface area contributed by atoms with E-state index in [0.717, 1.165) is 16.8 Å². The number of anilines is 2. The van der Waals surface area contributed by atoms with Crippen molar-refractivity contribution in [2.24, 2.45) is 0 Å². The molecule has 0 saturated carbocycles. The van der Waals surface area contributed by atoms with Crippen molar-refractivity contribution >= 4 is 17.1 Å². The fourth-order valence-electron chi connectivity index (χ4n) is 2.86. The highest BCUT2D eigenvalue weighted by Crippen LogP contribution is 2.36. The van der Waals surface area contributed by atoms with Crippen molar-refractivity contribution in [1.29, 1.82) is 0 Å². The predicted octanol–water partition coefficient (Wildman–Crippen LogP) is 6.30. The van der Waals surface area contributed by atoms with Crippen molar-refractivity contribution in [1.82, 2.24) is 0 Å². The Labute approximate surface area is 153 Å². The lowest BCUT2D eigenvalue weighted by Crippen LogP contribution is -2.11. The van der Waals surface area contributed by atoms with Gasteiger partial charge in [-0.3, -0.25) is 10.1 Å². The lowest BCUT2D eigenvalue weighted by molar-refractivity contribution is -0.383. The second-order valence-corrected chi connectivity index (χ2v) is 7.28. The minimum absolute atomic E-state index is 0.0147. The molecule has 0 radical (unpaired) electrons. The van der Waals surface area contributed by atoms with Gasteiger partial charge in [-0.2, -0.15) is 0 Å². The third-order valence-corrected chi connectivity index (χ3v) is 4.34. The van der Waals surface area contributed by atoms with Crippen LogP contribution in [0.5, 0.6) is 0 Å². The van der Waals surface area contributed by atoms with E-state index >= 15 is 0 Å². The van der Waals surface area contributed by atoms with E-state index in [0.29, 0.717) is 5.69 Å². The summed E-state index contributed by atoms with van der Waals surface area (Å²) in [6.45, 7) is 6.52. The van der Waals surface area contributed by atoms with Crippen LogP contribution in [0.1, 0.15) is 26.3 Å². The summed E-state index contributed by atoms with van der Waals surface area (Å²) in [7, 11) is 0. The molecule has 0 aromatic heterocycles. The van der Waals surface area contributed by atoms with Gasteiger partial charge in [-0.25, -0.2) is 0 Å². The number of nitro benzene ring substituents is 1. The SMILES string of the molecule is CC(C)(C)c1ccc(Nc2ccccc2[N+](=O)[O-])c(-c2ccccc2)c1. The molecule has 3 aromatic rings. The summed E-state index contributed by atoms with van der Waals surface area (Å²) in [5.41, 5.74) is 4.71. The second kappa shape index (κ2) is 7.00. The zero-order valence-electron chi connectivity index (χ0n) is 15.2. The molecule has 0 unspecified atom stereocenters. The average Bonchev–Trinajstić information content (AvgIpc) is 2.62. The van der Waals surface area contributed by atoms with Crippen LogP contribution in [0, 0.1) is 10.1 Å². The summed E-state index contributed by atoms with van der Waals surface area (Å²) < 4.78 is 0. The Morgan fingerprint density at radius 2 is 1.50 bits per heavy atom. The van der Waals surface area contributed by atoms with Crippen molar-refractivity contribution < 1.29 is 4.92 Å². The number of benzene rings is 3. The van der Waals surface area contributed by atoms with E-state index in [9.17, 15) is 10.1 Å². The third kappa shape index (κ3) is 3.75. The third-order valence-electron chi connectivity index (χ3n) is 4.34. The Balaban J connectivity index is 2.12. The lowest BCUT2D eigenvalue weighted by atomic mass is 9.85. The highest BCUT2D eigenvalue weighted by Gasteiger charge is 2.18. The second-order valence-electron chi connectivity index (χ2n) is 7.28. The van der Waals surface area contributed by atoms with Gasteiger partial charge >= 0.3 is 0 Å². The minimum atomic E-state index is -0.367. The summed E-state index contributed by atoms with van der Waals surface area (Å²) in [6.07, 6.45) is 0. The molecule has 0 amide bonds. The molecule has 0 fully saturated rings. The summed E-state index contributed by atoms with van der Waals surface area (Å²) in [4.78, 5) is 11.0. The van der Waals surface area contributed by atoms with Gasteiger partial charge in [0.2, 0.25) is 0 Å². The Hall–Kier alpha value is -3.14. The first-order valence-electron chi connectivity index (χ1n) is 8.56. The van der Waals surface area contributed by atoms with Crippen LogP contribution < -0.4 is 5.32 Å². The number of nitrogens with zero attached hydrogens (tertiary/aromatic N) is 1. The van der Waals surface area contributed by atoms with Gasteiger partial charge in [-0.05, 0) is 34.7 Å². The number of para-hydroxylation sites is 2. The maximum absolute atomic E-state index is 11.3. The van der Waals surface area contributed by atoms with Crippen LogP contribution in [0.2, 0.25) is 0 Å². The summed E-state index contributed by atoms with van der Waals surface area (Å²) in [5.74, 6) is 0. The molecule has 132 valence electrons. The van der Waals surface area contributed by atoms with E-state index in [2.05, 4.69) is 38.2 Å². The maximum atomic E-state index is 11.3. The Bertz CT molecular complexity index is 928. The molecule has 4 nitrogen and oxygen atoms in total. The number of nitrogens with one attached hydrogen (secondary N) is 1. The molecule has 0 saturated heterocycles. The Morgan fingerprint density at radius 3 is 2.15 bits per heavy atom. The number of nitro groups is 1. The monoisotopic (exact) mass is 346 g/mol. The quantitative estimate of drug-likeness (QED) is 0.445. The van der Waals surface area contributed by atoms with Gasteiger partial charge in [0, 0.05) is 17.3 Å². The zero-order chi connectivity index (χ0) is 18.7. The molecular formula is C22H22N2O2. The van der Waals surface area contributed by atoms with Gasteiger partial charge in [-0.1, -0.05) is 69.3 Å². The fourth-order valence-corrected chi connectivity index (χ4v) is 2.86. The van der Waals surface area contributed by atoms with Crippen LogP contribution >= 0.6 is 0 Å². The molecule has 0 heterocycles. The molecule has 4 heteroatoms. The van der Waals surface area contributed by atoms with Crippen LogP contribution in [-0.2, 0) is 5.41 Å². The van der Waals surface area contributed by atoms with E-state index in [4.69, 9.17) is 0 Å². The van der Waals surface area contributed by atoms with Crippen LogP contribution in [0.3, 0.4) is 0 Å². The molecule has 3 rings (SSSR count). The van der Waals surface area contributed by atoms with Crippen LogP contribution in [-0.4, -0.2) is 4.92 Å². The first-order valence-corrected chi connectivity index (χ1v) is 8.56. The number of hydrogen-bond donors (Lipinski definition) is 1. The Kier molecular flexibility index (Phi) is 4.76. The molecule has 0 atom stereocenters. The smallest absolute Gasteiger partial charge is 0.292 e. The van der Waals surface area contributed by atoms with Gasteiger partial charge in [0.05, 0.1) is 4.92 Å². The van der Waals surface area contributed by atoms with Crippen LogP contribution in [0.15, 0.2) is 72.8 Å². The molecule has 0 spiro atoms. The topological polar surface area (TPSA) is 55.2 Å². The van der Waals surface area contributed by atoms with E-state index in [-0.39, 0.29) is 16.0 Å². The largest absolute Gasteiger partial charge is 0.349 e. The Morgan fingerprint density at radius 1 is 0.846 bits per heavy atom. The normalized spacial score (nSPS) is 11.2. The first-order chi connectivity index (χ1) is 12.4. The minimum Gasteiger partial charge on any atom is -0.349 e. The zero-order valence-corrected chi connectivity index (χ0v) is 15.2. The molecule has 0 aliphatic rings. The first kappa shape index (κ1) is 17.7. The standard InChI is InChI=1S/C22H22N2O2/c1-22(2,3)17-13-14-19(18(15-17)16-9-5-4-6-10-16)23-20-11-7-8-12-21(20)24(25)26/h4-15,23H,1-3H3. The predicted molar refractivity (Wildman–Crippen MR) is 107 cm³/mol. The van der Waals surface area contributed by atoms with Crippen LogP contribution in [0.25, 0.3) is 11.1 Å². The summed E-state index contributed by atoms with van der Waals surface area (Å²) >= 11 is 0. The van der Waals surface area contributed by atoms with E-state index < -0.39 is 0 Å². The van der Waals surface area contributed by atoms with Crippen LogP contribution in [0.4, 0.5) is 17.1 Å². The van der Waals surface area contributed by atoms with E-state index in [1.165, 1.54) is 11.6 Å².